The van der Waals surface area contributed by atoms with Crippen LogP contribution in [0, 0.1) is 5.92 Å². The van der Waals surface area contributed by atoms with E-state index in [9.17, 15) is 0 Å². The van der Waals surface area contributed by atoms with E-state index in [1.165, 1.54) is 45.2 Å². The molecular formula is C11H21NO. The summed E-state index contributed by atoms with van der Waals surface area (Å²) in [6.07, 6.45) is 7.30. The lowest BCUT2D eigenvalue weighted by Crippen LogP contribution is -2.33. The highest BCUT2D eigenvalue weighted by molar-refractivity contribution is 4.76. The Morgan fingerprint density at radius 3 is 2.92 bits per heavy atom. The zero-order valence-electron chi connectivity index (χ0n) is 8.67. The smallest absolute Gasteiger partial charge is 0.0579 e. The van der Waals surface area contributed by atoms with Gasteiger partial charge >= 0.3 is 0 Å². The molecule has 2 atom stereocenters. The fraction of sp³-hybridized carbons (Fsp3) is 1.00. The number of likely N-dealkylation sites (tertiary alicyclic amines) is 1. The first-order valence-electron chi connectivity index (χ1n) is 5.65. The molecule has 2 aliphatic rings. The molecule has 0 N–H and O–H groups in total. The van der Waals surface area contributed by atoms with Crippen molar-refractivity contribution in [3.8, 4) is 0 Å². The van der Waals surface area contributed by atoms with E-state index >= 15 is 0 Å². The van der Waals surface area contributed by atoms with Crippen LogP contribution in [0.3, 0.4) is 0 Å². The Labute approximate surface area is 81.3 Å². The van der Waals surface area contributed by atoms with E-state index < -0.39 is 0 Å². The first-order chi connectivity index (χ1) is 6.34. The molecule has 0 aliphatic carbocycles. The second-order valence-corrected chi connectivity index (χ2v) is 4.64. The molecule has 0 spiro atoms. The minimum atomic E-state index is 0.594. The van der Waals surface area contributed by atoms with Gasteiger partial charge in [-0.2, -0.15) is 0 Å². The summed E-state index contributed by atoms with van der Waals surface area (Å²) in [5.41, 5.74) is 0. The Kier molecular flexibility index (Phi) is 3.23. The van der Waals surface area contributed by atoms with Crippen molar-refractivity contribution in [3.05, 3.63) is 0 Å². The average Bonchev–Trinajstić information content (AvgIpc) is 2.57. The lowest BCUT2D eigenvalue weighted by atomic mass is 9.92. The molecule has 0 amide bonds. The topological polar surface area (TPSA) is 12.5 Å². The third-order valence-corrected chi connectivity index (χ3v) is 3.34. The minimum absolute atomic E-state index is 0.594. The van der Waals surface area contributed by atoms with Crippen molar-refractivity contribution >= 4 is 0 Å². The summed E-state index contributed by atoms with van der Waals surface area (Å²) in [6.45, 7) is 3.59. The Bertz CT molecular complexity index is 154. The summed E-state index contributed by atoms with van der Waals surface area (Å²) in [7, 11) is 2.24. The largest absolute Gasteiger partial charge is 0.378 e. The van der Waals surface area contributed by atoms with Crippen LogP contribution in [0.4, 0.5) is 0 Å². The molecule has 2 aliphatic heterocycles. The molecule has 0 bridgehead atoms. The molecule has 2 rings (SSSR count). The first-order valence-corrected chi connectivity index (χ1v) is 5.65. The predicted octanol–water partition coefficient (Wildman–Crippen LogP) is 1.90. The van der Waals surface area contributed by atoms with Gasteiger partial charge < -0.3 is 9.64 Å². The summed E-state index contributed by atoms with van der Waals surface area (Å²) in [6, 6.07) is 0. The summed E-state index contributed by atoms with van der Waals surface area (Å²) in [5, 5.41) is 0. The van der Waals surface area contributed by atoms with Crippen LogP contribution in [0.15, 0.2) is 0 Å². The molecular weight excluding hydrogens is 162 g/mol. The fourth-order valence-corrected chi connectivity index (χ4v) is 2.67. The standard InChI is InChI=1S/C11H21NO/c1-12-6-2-4-10(9-12)8-11-5-3-7-13-11/h10-11H,2-9H2,1H3. The molecule has 2 fully saturated rings. The quantitative estimate of drug-likeness (QED) is 0.648. The molecule has 0 saturated carbocycles. The van der Waals surface area contributed by atoms with E-state index in [-0.39, 0.29) is 0 Å². The van der Waals surface area contributed by atoms with Crippen LogP contribution in [0.5, 0.6) is 0 Å². The molecule has 0 radical (unpaired) electrons. The predicted molar refractivity (Wildman–Crippen MR) is 53.8 cm³/mol. The number of ether oxygens (including phenoxy) is 1. The van der Waals surface area contributed by atoms with Crippen molar-refractivity contribution < 1.29 is 4.74 Å². The Hall–Kier alpha value is -0.0800. The molecule has 0 aromatic heterocycles. The van der Waals surface area contributed by atoms with E-state index in [1.807, 2.05) is 0 Å². The molecule has 2 heteroatoms. The van der Waals surface area contributed by atoms with Crippen LogP contribution in [-0.2, 0) is 4.74 Å². The van der Waals surface area contributed by atoms with Crippen LogP contribution in [0.2, 0.25) is 0 Å². The summed E-state index contributed by atoms with van der Waals surface area (Å²) in [5.74, 6) is 0.904. The molecule has 76 valence electrons. The van der Waals surface area contributed by atoms with Crippen LogP contribution < -0.4 is 0 Å². The monoisotopic (exact) mass is 183 g/mol. The molecule has 13 heavy (non-hydrogen) atoms. The molecule has 2 unspecified atom stereocenters. The second-order valence-electron chi connectivity index (χ2n) is 4.64. The van der Waals surface area contributed by atoms with Crippen molar-refractivity contribution in [2.24, 2.45) is 5.92 Å². The van der Waals surface area contributed by atoms with Gasteiger partial charge in [-0.25, -0.2) is 0 Å². The van der Waals surface area contributed by atoms with Crippen molar-refractivity contribution in [1.29, 1.82) is 0 Å². The van der Waals surface area contributed by atoms with Gasteiger partial charge in [-0.05, 0) is 51.6 Å². The van der Waals surface area contributed by atoms with Crippen molar-refractivity contribution in [3.63, 3.8) is 0 Å². The normalized spacial score (nSPS) is 36.7. The zero-order chi connectivity index (χ0) is 9.10. The summed E-state index contributed by atoms with van der Waals surface area (Å²) in [4.78, 5) is 2.46. The van der Waals surface area contributed by atoms with Gasteiger partial charge in [0.2, 0.25) is 0 Å². The molecule has 2 nitrogen and oxygen atoms in total. The molecule has 2 saturated heterocycles. The van der Waals surface area contributed by atoms with E-state index in [2.05, 4.69) is 11.9 Å². The van der Waals surface area contributed by atoms with Gasteiger partial charge in [0.05, 0.1) is 6.10 Å². The number of hydrogen-bond acceptors (Lipinski definition) is 2. The summed E-state index contributed by atoms with van der Waals surface area (Å²) < 4.78 is 5.67. The second kappa shape index (κ2) is 4.43. The lowest BCUT2D eigenvalue weighted by molar-refractivity contribution is 0.0735. The van der Waals surface area contributed by atoms with Crippen molar-refractivity contribution in [1.82, 2.24) is 4.90 Å². The Morgan fingerprint density at radius 2 is 2.23 bits per heavy atom. The SMILES string of the molecule is CN1CCCC(CC2CCCO2)C1. The average molecular weight is 183 g/mol. The Balaban J connectivity index is 1.73. The van der Waals surface area contributed by atoms with Crippen LogP contribution >= 0.6 is 0 Å². The van der Waals surface area contributed by atoms with Crippen molar-refractivity contribution in [2.75, 3.05) is 26.7 Å². The molecule has 0 aromatic carbocycles. The third-order valence-electron chi connectivity index (χ3n) is 3.34. The van der Waals surface area contributed by atoms with Gasteiger partial charge in [0.15, 0.2) is 0 Å². The van der Waals surface area contributed by atoms with Gasteiger partial charge in [-0.3, -0.25) is 0 Å². The molecule has 0 aromatic rings. The maximum absolute atomic E-state index is 5.67. The maximum Gasteiger partial charge on any atom is 0.0579 e. The van der Waals surface area contributed by atoms with E-state index in [4.69, 9.17) is 4.74 Å². The van der Waals surface area contributed by atoms with E-state index in [0.29, 0.717) is 6.10 Å². The third kappa shape index (κ3) is 2.68. The lowest BCUT2D eigenvalue weighted by Gasteiger charge is -2.30. The maximum atomic E-state index is 5.67. The highest BCUT2D eigenvalue weighted by Gasteiger charge is 2.23. The van der Waals surface area contributed by atoms with Gasteiger partial charge in [-0.15, -0.1) is 0 Å². The van der Waals surface area contributed by atoms with Crippen LogP contribution in [0.1, 0.15) is 32.1 Å². The van der Waals surface area contributed by atoms with Crippen LogP contribution in [-0.4, -0.2) is 37.7 Å². The summed E-state index contributed by atoms with van der Waals surface area (Å²) >= 11 is 0. The minimum Gasteiger partial charge on any atom is -0.378 e. The highest BCUT2D eigenvalue weighted by atomic mass is 16.5. The number of rotatable bonds is 2. The first kappa shape index (κ1) is 9.47. The number of hydrogen-bond donors (Lipinski definition) is 0. The highest BCUT2D eigenvalue weighted by Crippen LogP contribution is 2.25. The zero-order valence-corrected chi connectivity index (χ0v) is 8.67. The Morgan fingerprint density at radius 1 is 1.31 bits per heavy atom. The van der Waals surface area contributed by atoms with Gasteiger partial charge in [0, 0.05) is 13.2 Å². The van der Waals surface area contributed by atoms with E-state index in [0.717, 1.165) is 12.5 Å². The fourth-order valence-electron chi connectivity index (χ4n) is 2.67. The van der Waals surface area contributed by atoms with Gasteiger partial charge in [-0.1, -0.05) is 0 Å². The van der Waals surface area contributed by atoms with Gasteiger partial charge in [0.25, 0.3) is 0 Å². The van der Waals surface area contributed by atoms with Crippen molar-refractivity contribution in [2.45, 2.75) is 38.2 Å². The van der Waals surface area contributed by atoms with E-state index in [1.54, 1.807) is 0 Å². The molecule has 2 heterocycles. The van der Waals surface area contributed by atoms with Crippen LogP contribution in [0.25, 0.3) is 0 Å². The van der Waals surface area contributed by atoms with Gasteiger partial charge in [0.1, 0.15) is 0 Å². The number of piperidine rings is 1. The number of nitrogens with zero attached hydrogens (tertiary/aromatic N) is 1.